The monoisotopic (exact) mass is 390 g/mol. The molecule has 2 amide bonds. The number of halogens is 1. The summed E-state index contributed by atoms with van der Waals surface area (Å²) in [6.45, 7) is 0.0821. The lowest BCUT2D eigenvalue weighted by molar-refractivity contribution is -0.131. The number of primary amides is 1. The average molecular weight is 391 g/mol. The highest BCUT2D eigenvalue weighted by Crippen LogP contribution is 2.14. The largest absolute Gasteiger partial charge is 0.445 e. The summed E-state index contributed by atoms with van der Waals surface area (Å²) in [7, 11) is 0. The lowest BCUT2D eigenvalue weighted by atomic mass is 10.1. The van der Waals surface area contributed by atoms with E-state index in [9.17, 15) is 14.4 Å². The molecule has 2 rings (SSSR count). The maximum absolute atomic E-state index is 11.9. The van der Waals surface area contributed by atoms with Crippen molar-refractivity contribution in [3.8, 4) is 5.75 Å². The van der Waals surface area contributed by atoms with Gasteiger partial charge < -0.3 is 20.5 Å². The molecule has 0 unspecified atom stereocenters. The standard InChI is InChI=1S/C19H19ClN2O5/c20-11-17(23)27-15-8-6-13(7-9-15)10-16(18(21)24)22-19(25)26-12-14-4-2-1-3-5-14/h1-9,16H,10-12H2,(H2,21,24)(H,22,25)/t16-/m0/s1. The third-order valence-corrected chi connectivity index (χ3v) is 3.77. The highest BCUT2D eigenvalue weighted by molar-refractivity contribution is 6.26. The van der Waals surface area contributed by atoms with E-state index in [4.69, 9.17) is 26.8 Å². The fraction of sp³-hybridized carbons (Fsp3) is 0.211. The Hall–Kier alpha value is -3.06. The zero-order valence-electron chi connectivity index (χ0n) is 14.4. The first-order chi connectivity index (χ1) is 13.0. The fourth-order valence-electron chi connectivity index (χ4n) is 2.22. The van der Waals surface area contributed by atoms with Crippen LogP contribution in [0, 0.1) is 0 Å². The van der Waals surface area contributed by atoms with E-state index in [1.807, 2.05) is 30.3 Å². The third kappa shape index (κ3) is 6.99. The summed E-state index contributed by atoms with van der Waals surface area (Å²) in [5.74, 6) is -1.18. The number of carbonyl (C=O) groups excluding carboxylic acids is 3. The lowest BCUT2D eigenvalue weighted by Gasteiger charge is -2.16. The van der Waals surface area contributed by atoms with E-state index in [0.29, 0.717) is 11.3 Å². The maximum Gasteiger partial charge on any atom is 0.408 e. The van der Waals surface area contributed by atoms with E-state index >= 15 is 0 Å². The Morgan fingerprint density at radius 2 is 1.67 bits per heavy atom. The molecule has 0 saturated carbocycles. The molecule has 0 bridgehead atoms. The number of carbonyl (C=O) groups is 3. The van der Waals surface area contributed by atoms with Gasteiger partial charge in [0.05, 0.1) is 0 Å². The number of ether oxygens (including phenoxy) is 2. The van der Waals surface area contributed by atoms with Gasteiger partial charge in [-0.25, -0.2) is 4.79 Å². The van der Waals surface area contributed by atoms with Gasteiger partial charge in [-0.1, -0.05) is 42.5 Å². The molecule has 3 N–H and O–H groups in total. The second kappa shape index (κ2) is 10.2. The summed E-state index contributed by atoms with van der Waals surface area (Å²) >= 11 is 5.37. The topological polar surface area (TPSA) is 108 Å². The predicted octanol–water partition coefficient (Wildman–Crippen LogP) is 2.15. The SMILES string of the molecule is NC(=O)[C@H](Cc1ccc(OC(=O)CCl)cc1)NC(=O)OCc1ccccc1. The number of alkyl halides is 1. The van der Waals surface area contributed by atoms with Crippen LogP contribution in [0.25, 0.3) is 0 Å². The Bertz CT molecular complexity index is 780. The molecular weight excluding hydrogens is 372 g/mol. The van der Waals surface area contributed by atoms with E-state index in [2.05, 4.69) is 5.32 Å². The molecule has 0 aliphatic heterocycles. The summed E-state index contributed by atoms with van der Waals surface area (Å²) in [5, 5.41) is 2.45. The van der Waals surface area contributed by atoms with Crippen molar-refractivity contribution < 1.29 is 23.9 Å². The predicted molar refractivity (Wildman–Crippen MR) is 99.2 cm³/mol. The van der Waals surface area contributed by atoms with Crippen LogP contribution in [0.15, 0.2) is 54.6 Å². The molecule has 0 spiro atoms. The smallest absolute Gasteiger partial charge is 0.408 e. The number of amides is 2. The summed E-state index contributed by atoms with van der Waals surface area (Å²) in [5.41, 5.74) is 6.90. The maximum atomic E-state index is 11.9. The molecule has 0 heterocycles. The van der Waals surface area contributed by atoms with Crippen molar-refractivity contribution in [1.82, 2.24) is 5.32 Å². The highest BCUT2D eigenvalue weighted by Gasteiger charge is 2.19. The Morgan fingerprint density at radius 3 is 2.26 bits per heavy atom. The Morgan fingerprint density at radius 1 is 1.00 bits per heavy atom. The zero-order chi connectivity index (χ0) is 19.6. The van der Waals surface area contributed by atoms with Gasteiger partial charge >= 0.3 is 12.1 Å². The summed E-state index contributed by atoms with van der Waals surface area (Å²) < 4.78 is 10.1. The normalized spacial score (nSPS) is 11.3. The van der Waals surface area contributed by atoms with Crippen LogP contribution in [0.5, 0.6) is 5.75 Å². The Balaban J connectivity index is 1.90. The number of hydrogen-bond donors (Lipinski definition) is 2. The number of alkyl carbamates (subject to hydrolysis) is 1. The number of hydrogen-bond acceptors (Lipinski definition) is 5. The Kier molecular flexibility index (Phi) is 7.63. The van der Waals surface area contributed by atoms with Crippen LogP contribution >= 0.6 is 11.6 Å². The van der Waals surface area contributed by atoms with Crippen LogP contribution in [0.3, 0.4) is 0 Å². The van der Waals surface area contributed by atoms with Gasteiger partial charge in [0.25, 0.3) is 0 Å². The van der Waals surface area contributed by atoms with Crippen molar-refractivity contribution in [2.75, 3.05) is 5.88 Å². The summed E-state index contributed by atoms with van der Waals surface area (Å²) in [6, 6.07) is 14.6. The molecule has 0 saturated heterocycles. The van der Waals surface area contributed by atoms with Crippen LogP contribution in [0.2, 0.25) is 0 Å². The molecule has 0 aliphatic carbocycles. The molecule has 0 radical (unpaired) electrons. The minimum atomic E-state index is -0.940. The van der Waals surface area contributed by atoms with Gasteiger partial charge in [0.2, 0.25) is 5.91 Å². The molecule has 8 heteroatoms. The number of rotatable bonds is 8. The molecule has 2 aromatic rings. The van der Waals surface area contributed by atoms with Crippen LogP contribution in [-0.4, -0.2) is 29.9 Å². The van der Waals surface area contributed by atoms with E-state index in [1.54, 1.807) is 24.3 Å². The third-order valence-electron chi connectivity index (χ3n) is 3.55. The van der Waals surface area contributed by atoms with E-state index in [0.717, 1.165) is 5.56 Å². The first-order valence-electron chi connectivity index (χ1n) is 8.10. The van der Waals surface area contributed by atoms with Gasteiger partial charge in [-0.3, -0.25) is 9.59 Å². The van der Waals surface area contributed by atoms with Crippen LogP contribution in [-0.2, 0) is 27.4 Å². The van der Waals surface area contributed by atoms with Crippen molar-refractivity contribution >= 4 is 29.6 Å². The van der Waals surface area contributed by atoms with Crippen molar-refractivity contribution in [1.29, 1.82) is 0 Å². The molecule has 0 fully saturated rings. The molecular formula is C19H19ClN2O5. The van der Waals surface area contributed by atoms with Gasteiger partial charge in [0, 0.05) is 6.42 Å². The molecule has 0 aliphatic rings. The first kappa shape index (κ1) is 20.3. The van der Waals surface area contributed by atoms with E-state index in [-0.39, 0.29) is 18.9 Å². The number of esters is 1. The average Bonchev–Trinajstić information content (AvgIpc) is 2.68. The minimum Gasteiger partial charge on any atom is -0.445 e. The van der Waals surface area contributed by atoms with E-state index < -0.39 is 24.0 Å². The second-order valence-corrected chi connectivity index (χ2v) is 5.88. The van der Waals surface area contributed by atoms with Gasteiger partial charge in [0.1, 0.15) is 24.3 Å². The zero-order valence-corrected chi connectivity index (χ0v) is 15.1. The molecule has 1 atom stereocenters. The molecule has 0 aromatic heterocycles. The quantitative estimate of drug-likeness (QED) is 0.408. The van der Waals surface area contributed by atoms with Gasteiger partial charge in [-0.15, -0.1) is 11.6 Å². The van der Waals surface area contributed by atoms with Gasteiger partial charge in [-0.2, -0.15) is 0 Å². The van der Waals surface area contributed by atoms with Crippen LogP contribution in [0.4, 0.5) is 4.79 Å². The number of nitrogens with one attached hydrogen (secondary N) is 1. The fourth-order valence-corrected chi connectivity index (χ4v) is 2.27. The van der Waals surface area contributed by atoms with Gasteiger partial charge in [-0.05, 0) is 23.3 Å². The molecule has 142 valence electrons. The lowest BCUT2D eigenvalue weighted by Crippen LogP contribution is -2.46. The first-order valence-corrected chi connectivity index (χ1v) is 8.63. The molecule has 2 aromatic carbocycles. The van der Waals surface area contributed by atoms with Crippen molar-refractivity contribution in [2.45, 2.75) is 19.1 Å². The minimum absolute atomic E-state index is 0.0821. The van der Waals surface area contributed by atoms with Gasteiger partial charge in [0.15, 0.2) is 0 Å². The second-order valence-electron chi connectivity index (χ2n) is 5.62. The van der Waals surface area contributed by atoms with E-state index in [1.165, 1.54) is 0 Å². The summed E-state index contributed by atoms with van der Waals surface area (Å²) in [6.07, 6.45) is -0.574. The molecule has 7 nitrogen and oxygen atoms in total. The van der Waals surface area contributed by atoms with Crippen molar-refractivity contribution in [3.63, 3.8) is 0 Å². The Labute approximate surface area is 161 Å². The van der Waals surface area contributed by atoms with Crippen molar-refractivity contribution in [3.05, 3.63) is 65.7 Å². The number of nitrogens with two attached hydrogens (primary N) is 1. The van der Waals surface area contributed by atoms with Crippen molar-refractivity contribution in [2.24, 2.45) is 5.73 Å². The van der Waals surface area contributed by atoms with Crippen LogP contribution < -0.4 is 15.8 Å². The summed E-state index contributed by atoms with van der Waals surface area (Å²) in [4.78, 5) is 34.7. The molecule has 27 heavy (non-hydrogen) atoms. The highest BCUT2D eigenvalue weighted by atomic mass is 35.5. The van der Waals surface area contributed by atoms with Crippen LogP contribution in [0.1, 0.15) is 11.1 Å². The number of benzene rings is 2.